The highest BCUT2D eigenvalue weighted by atomic mass is 32.1. The van der Waals surface area contributed by atoms with Crippen molar-refractivity contribution in [2.45, 2.75) is 4.90 Å². The number of carbonyl (C=O) groups excluding carboxylic acids is 1. The Hall–Kier alpha value is -1.49. The Kier molecular flexibility index (Phi) is 3.14. The zero-order valence-corrected chi connectivity index (χ0v) is 8.25. The number of esters is 1. The maximum Gasteiger partial charge on any atom is 0.338 e. The van der Waals surface area contributed by atoms with Crippen LogP contribution in [-0.4, -0.2) is 24.2 Å². The van der Waals surface area contributed by atoms with E-state index < -0.39 is 11.9 Å². The Morgan fingerprint density at radius 3 is 2.57 bits per heavy atom. The van der Waals surface area contributed by atoms with Crippen molar-refractivity contribution in [3.05, 3.63) is 29.3 Å². The largest absolute Gasteiger partial charge is 0.478 e. The maximum absolute atomic E-state index is 11.2. The maximum atomic E-state index is 11.2. The third kappa shape index (κ3) is 1.88. The van der Waals surface area contributed by atoms with Gasteiger partial charge in [-0.25, -0.2) is 9.59 Å². The number of carboxylic acid groups (broad SMARTS) is 1. The topological polar surface area (TPSA) is 63.6 Å². The zero-order chi connectivity index (χ0) is 10.7. The average molecular weight is 212 g/mol. The summed E-state index contributed by atoms with van der Waals surface area (Å²) in [5.74, 6) is -1.88. The van der Waals surface area contributed by atoms with Crippen LogP contribution in [0.1, 0.15) is 20.7 Å². The second kappa shape index (κ2) is 4.15. The van der Waals surface area contributed by atoms with Gasteiger partial charge in [-0.2, -0.15) is 0 Å². The highest BCUT2D eigenvalue weighted by Crippen LogP contribution is 2.19. The minimum absolute atomic E-state index is 0.00694. The number of methoxy groups -OCH3 is 1. The Morgan fingerprint density at radius 2 is 2.07 bits per heavy atom. The summed E-state index contributed by atoms with van der Waals surface area (Å²) in [7, 11) is 1.19. The Labute approximate surface area is 85.9 Å². The molecule has 0 amide bonds. The molecule has 0 unspecified atom stereocenters. The van der Waals surface area contributed by atoms with Gasteiger partial charge in [-0.1, -0.05) is 6.07 Å². The normalized spacial score (nSPS) is 9.57. The number of carbonyl (C=O) groups is 2. The van der Waals surface area contributed by atoms with Crippen LogP contribution >= 0.6 is 12.6 Å². The molecule has 0 bridgehead atoms. The minimum atomic E-state index is -1.20. The van der Waals surface area contributed by atoms with E-state index in [-0.39, 0.29) is 16.0 Å². The average Bonchev–Trinajstić information content (AvgIpc) is 2.15. The second-order valence-corrected chi connectivity index (χ2v) is 2.98. The number of rotatable bonds is 2. The van der Waals surface area contributed by atoms with Gasteiger partial charge in [0.1, 0.15) is 0 Å². The second-order valence-electron chi connectivity index (χ2n) is 2.50. The summed E-state index contributed by atoms with van der Waals surface area (Å²) in [6, 6.07) is 4.43. The third-order valence-electron chi connectivity index (χ3n) is 1.66. The molecular formula is C9H8O4S. The van der Waals surface area contributed by atoms with Crippen molar-refractivity contribution >= 4 is 24.6 Å². The number of aromatic carboxylic acids is 1. The lowest BCUT2D eigenvalue weighted by molar-refractivity contribution is 0.0581. The van der Waals surface area contributed by atoms with Gasteiger partial charge in [0.2, 0.25) is 0 Å². The summed E-state index contributed by atoms with van der Waals surface area (Å²) in [6.07, 6.45) is 0. The van der Waals surface area contributed by atoms with Crippen LogP contribution < -0.4 is 0 Å². The summed E-state index contributed by atoms with van der Waals surface area (Å²) in [4.78, 5) is 22.2. The predicted molar refractivity (Wildman–Crippen MR) is 52.0 cm³/mol. The molecule has 0 saturated heterocycles. The molecular weight excluding hydrogens is 204 g/mol. The number of hydrogen-bond donors (Lipinski definition) is 2. The van der Waals surface area contributed by atoms with E-state index in [1.54, 1.807) is 6.07 Å². The smallest absolute Gasteiger partial charge is 0.338 e. The van der Waals surface area contributed by atoms with Crippen LogP contribution in [0, 0.1) is 0 Å². The fourth-order valence-electron chi connectivity index (χ4n) is 1.04. The molecule has 0 aliphatic rings. The van der Waals surface area contributed by atoms with Crippen molar-refractivity contribution in [2.24, 2.45) is 0 Å². The molecule has 0 spiro atoms. The highest BCUT2D eigenvalue weighted by molar-refractivity contribution is 7.80. The first-order chi connectivity index (χ1) is 6.57. The van der Waals surface area contributed by atoms with Gasteiger partial charge in [-0.3, -0.25) is 0 Å². The Balaban J connectivity index is 3.35. The van der Waals surface area contributed by atoms with Crippen LogP contribution in [-0.2, 0) is 4.74 Å². The molecule has 14 heavy (non-hydrogen) atoms. The number of ether oxygens (including phenoxy) is 1. The first-order valence-corrected chi connectivity index (χ1v) is 4.16. The van der Waals surface area contributed by atoms with Crippen molar-refractivity contribution in [1.29, 1.82) is 0 Å². The first-order valence-electron chi connectivity index (χ1n) is 3.71. The van der Waals surface area contributed by atoms with Crippen molar-refractivity contribution < 1.29 is 19.4 Å². The molecule has 4 nitrogen and oxygen atoms in total. The van der Waals surface area contributed by atoms with E-state index in [0.29, 0.717) is 0 Å². The van der Waals surface area contributed by atoms with E-state index >= 15 is 0 Å². The molecule has 1 aromatic rings. The van der Waals surface area contributed by atoms with E-state index in [2.05, 4.69) is 17.4 Å². The van der Waals surface area contributed by atoms with Crippen LogP contribution in [0.15, 0.2) is 23.1 Å². The van der Waals surface area contributed by atoms with Crippen LogP contribution in [0.2, 0.25) is 0 Å². The lowest BCUT2D eigenvalue weighted by atomic mass is 10.1. The van der Waals surface area contributed by atoms with Gasteiger partial charge in [0.05, 0.1) is 18.2 Å². The van der Waals surface area contributed by atoms with Crippen molar-refractivity contribution in [3.8, 4) is 0 Å². The summed E-state index contributed by atoms with van der Waals surface area (Å²) < 4.78 is 4.45. The minimum Gasteiger partial charge on any atom is -0.478 e. The molecule has 0 radical (unpaired) electrons. The van der Waals surface area contributed by atoms with E-state index in [9.17, 15) is 9.59 Å². The van der Waals surface area contributed by atoms with E-state index in [0.717, 1.165) is 0 Å². The molecule has 0 aliphatic carbocycles. The number of carboxylic acids is 1. The standard InChI is InChI=1S/C9H8O4S/c1-13-9(12)5-3-2-4-6(14)7(5)8(10)11/h2-4,14H,1H3,(H,10,11). The molecule has 0 atom stereocenters. The van der Waals surface area contributed by atoms with Gasteiger partial charge in [-0.15, -0.1) is 12.6 Å². The summed E-state index contributed by atoms with van der Waals surface area (Å²) >= 11 is 3.95. The van der Waals surface area contributed by atoms with E-state index in [1.165, 1.54) is 19.2 Å². The fourth-order valence-corrected chi connectivity index (χ4v) is 1.35. The highest BCUT2D eigenvalue weighted by Gasteiger charge is 2.18. The van der Waals surface area contributed by atoms with E-state index in [1.807, 2.05) is 0 Å². The molecule has 74 valence electrons. The summed E-state index contributed by atoms with van der Waals surface area (Å²) in [5, 5.41) is 8.83. The number of benzene rings is 1. The molecule has 1 rings (SSSR count). The predicted octanol–water partition coefficient (Wildman–Crippen LogP) is 1.46. The van der Waals surface area contributed by atoms with Gasteiger partial charge < -0.3 is 9.84 Å². The monoisotopic (exact) mass is 212 g/mol. The van der Waals surface area contributed by atoms with Gasteiger partial charge in [-0.05, 0) is 12.1 Å². The van der Waals surface area contributed by atoms with Crippen LogP contribution in [0.5, 0.6) is 0 Å². The van der Waals surface area contributed by atoms with Crippen molar-refractivity contribution in [2.75, 3.05) is 7.11 Å². The molecule has 1 N–H and O–H groups in total. The lowest BCUT2D eigenvalue weighted by Crippen LogP contribution is -2.10. The van der Waals surface area contributed by atoms with Gasteiger partial charge in [0, 0.05) is 4.90 Å². The molecule has 0 aliphatic heterocycles. The SMILES string of the molecule is COC(=O)c1cccc(S)c1C(=O)O. The molecule has 1 aromatic carbocycles. The Morgan fingerprint density at radius 1 is 1.43 bits per heavy atom. The molecule has 0 saturated carbocycles. The number of thiol groups is 1. The molecule has 5 heteroatoms. The molecule has 0 heterocycles. The lowest BCUT2D eigenvalue weighted by Gasteiger charge is -2.05. The van der Waals surface area contributed by atoms with Crippen molar-refractivity contribution in [3.63, 3.8) is 0 Å². The van der Waals surface area contributed by atoms with Gasteiger partial charge in [0.15, 0.2) is 0 Å². The van der Waals surface area contributed by atoms with Gasteiger partial charge >= 0.3 is 11.9 Å². The van der Waals surface area contributed by atoms with Crippen LogP contribution in [0.4, 0.5) is 0 Å². The quantitative estimate of drug-likeness (QED) is 0.575. The molecule has 0 aromatic heterocycles. The molecule has 0 fully saturated rings. The van der Waals surface area contributed by atoms with E-state index in [4.69, 9.17) is 5.11 Å². The third-order valence-corrected chi connectivity index (χ3v) is 2.03. The number of hydrogen-bond acceptors (Lipinski definition) is 4. The fraction of sp³-hybridized carbons (Fsp3) is 0.111. The van der Waals surface area contributed by atoms with Gasteiger partial charge in [0.25, 0.3) is 0 Å². The summed E-state index contributed by atoms with van der Waals surface area (Å²) in [5.41, 5.74) is -0.129. The van der Waals surface area contributed by atoms with Crippen molar-refractivity contribution in [1.82, 2.24) is 0 Å². The summed E-state index contributed by atoms with van der Waals surface area (Å²) in [6.45, 7) is 0. The van der Waals surface area contributed by atoms with Crippen LogP contribution in [0.3, 0.4) is 0 Å². The first kappa shape index (κ1) is 10.6. The van der Waals surface area contributed by atoms with Crippen LogP contribution in [0.25, 0.3) is 0 Å². The Bertz CT molecular complexity index is 386. The zero-order valence-electron chi connectivity index (χ0n) is 7.35.